The van der Waals surface area contributed by atoms with E-state index in [4.69, 9.17) is 16.3 Å². The molecule has 3 unspecified atom stereocenters. The van der Waals surface area contributed by atoms with Gasteiger partial charge < -0.3 is 9.84 Å². The van der Waals surface area contributed by atoms with E-state index in [-0.39, 0.29) is 29.7 Å². The third kappa shape index (κ3) is 9.13. The molecule has 0 fully saturated rings. The van der Waals surface area contributed by atoms with E-state index >= 15 is 0 Å². The normalized spacial score (nSPS) is 19.2. The van der Waals surface area contributed by atoms with Crippen molar-refractivity contribution in [3.05, 3.63) is 70.8 Å². The molecule has 0 spiro atoms. The predicted octanol–water partition coefficient (Wildman–Crippen LogP) is 6.02. The summed E-state index contributed by atoms with van der Waals surface area (Å²) in [7, 11) is 0. The van der Waals surface area contributed by atoms with Crippen LogP contribution in [0.25, 0.3) is 0 Å². The van der Waals surface area contributed by atoms with E-state index in [0.717, 1.165) is 36.8 Å². The molecule has 1 aliphatic rings. The number of aliphatic hydroxyl groups excluding tert-OH is 1. The Kier molecular flexibility index (Phi) is 10.9. The standard InChI is InChI=1S/C27H35ClO4/c1-19(2)32-27(31)12-7-5-4-6-10-22-13-15-26(30)24(22)14-16-25(29)20(3)17-21-9-8-11-23(28)18-21/h4,6,8-9,11,13-15,18-20,22,25,29H,5,7,10,12,16-17H2,1-3H3. The van der Waals surface area contributed by atoms with Crippen LogP contribution in [-0.2, 0) is 20.7 Å². The number of halogens is 1. The number of aliphatic hydroxyl groups is 1. The third-order valence-electron chi connectivity index (χ3n) is 5.52. The van der Waals surface area contributed by atoms with E-state index in [1.807, 2.05) is 57.2 Å². The van der Waals surface area contributed by atoms with Gasteiger partial charge in [0.1, 0.15) is 0 Å². The molecule has 1 aromatic rings. The van der Waals surface area contributed by atoms with Crippen LogP contribution in [0.2, 0.25) is 5.02 Å². The lowest BCUT2D eigenvalue weighted by Gasteiger charge is -2.18. The molecule has 3 atom stereocenters. The number of hydrogen-bond donors (Lipinski definition) is 1. The Morgan fingerprint density at radius 1 is 1.25 bits per heavy atom. The maximum Gasteiger partial charge on any atom is 0.306 e. The average Bonchev–Trinajstić information content (AvgIpc) is 3.07. The van der Waals surface area contributed by atoms with E-state index in [1.54, 1.807) is 6.08 Å². The van der Waals surface area contributed by atoms with Gasteiger partial charge in [0, 0.05) is 22.9 Å². The second-order valence-electron chi connectivity index (χ2n) is 8.74. The lowest BCUT2D eigenvalue weighted by atomic mass is 9.91. The number of carbonyl (C=O) groups excluding carboxylic acids is 2. The molecule has 0 saturated heterocycles. The first-order chi connectivity index (χ1) is 15.3. The van der Waals surface area contributed by atoms with Crippen molar-refractivity contribution in [2.24, 2.45) is 11.8 Å². The molecule has 2 rings (SSSR count). The summed E-state index contributed by atoms with van der Waals surface area (Å²) >= 11 is 6.05. The van der Waals surface area contributed by atoms with Gasteiger partial charge in [0.05, 0.1) is 12.2 Å². The van der Waals surface area contributed by atoms with Crippen LogP contribution in [-0.4, -0.2) is 29.1 Å². The SMILES string of the molecule is CC(C)OC(=O)CCCC=CCC1C=CC(=O)C1=CCC(O)C(C)Cc1cccc(Cl)c1. The van der Waals surface area contributed by atoms with Gasteiger partial charge in [-0.15, -0.1) is 0 Å². The molecule has 32 heavy (non-hydrogen) atoms. The Morgan fingerprint density at radius 2 is 2.03 bits per heavy atom. The highest BCUT2D eigenvalue weighted by Gasteiger charge is 2.23. The predicted molar refractivity (Wildman–Crippen MR) is 129 cm³/mol. The van der Waals surface area contributed by atoms with Crippen molar-refractivity contribution in [3.63, 3.8) is 0 Å². The molecule has 1 aliphatic carbocycles. The summed E-state index contributed by atoms with van der Waals surface area (Å²) in [6, 6.07) is 7.68. The van der Waals surface area contributed by atoms with Crippen molar-refractivity contribution < 1.29 is 19.4 Å². The van der Waals surface area contributed by atoms with Gasteiger partial charge in [-0.1, -0.05) is 55.0 Å². The van der Waals surface area contributed by atoms with Crippen molar-refractivity contribution in [1.29, 1.82) is 0 Å². The maximum absolute atomic E-state index is 12.3. The highest BCUT2D eigenvalue weighted by Crippen LogP contribution is 2.27. The molecule has 0 heterocycles. The fourth-order valence-electron chi connectivity index (χ4n) is 3.74. The van der Waals surface area contributed by atoms with Crippen LogP contribution >= 0.6 is 11.6 Å². The molecule has 0 saturated carbocycles. The van der Waals surface area contributed by atoms with Crippen LogP contribution in [0.15, 0.2) is 60.2 Å². The Morgan fingerprint density at radius 3 is 2.75 bits per heavy atom. The molecule has 0 amide bonds. The summed E-state index contributed by atoms with van der Waals surface area (Å²) < 4.78 is 5.12. The quantitative estimate of drug-likeness (QED) is 0.180. The first-order valence-corrected chi connectivity index (χ1v) is 11.8. The zero-order chi connectivity index (χ0) is 23.5. The van der Waals surface area contributed by atoms with Crippen LogP contribution in [0.4, 0.5) is 0 Å². The monoisotopic (exact) mass is 458 g/mol. The molecule has 1 aromatic carbocycles. The summed E-state index contributed by atoms with van der Waals surface area (Å²) in [5.41, 5.74) is 1.85. The van der Waals surface area contributed by atoms with E-state index < -0.39 is 6.10 Å². The summed E-state index contributed by atoms with van der Waals surface area (Å²) in [5, 5.41) is 11.3. The fourth-order valence-corrected chi connectivity index (χ4v) is 3.96. The molecule has 4 nitrogen and oxygen atoms in total. The van der Waals surface area contributed by atoms with Crippen molar-refractivity contribution in [1.82, 2.24) is 0 Å². The number of ether oxygens (including phenoxy) is 1. The summed E-state index contributed by atoms with van der Waals surface area (Å²) in [6.45, 7) is 5.70. The minimum absolute atomic E-state index is 0.0227. The van der Waals surface area contributed by atoms with Gasteiger partial charge in [-0.25, -0.2) is 0 Å². The average molecular weight is 459 g/mol. The largest absolute Gasteiger partial charge is 0.463 e. The van der Waals surface area contributed by atoms with Crippen LogP contribution < -0.4 is 0 Å². The molecule has 5 heteroatoms. The molecule has 0 aliphatic heterocycles. The first kappa shape index (κ1) is 26.1. The lowest BCUT2D eigenvalue weighted by molar-refractivity contribution is -0.147. The van der Waals surface area contributed by atoms with Crippen molar-refractivity contribution in [2.45, 2.75) is 71.5 Å². The van der Waals surface area contributed by atoms with Gasteiger partial charge in [0.2, 0.25) is 0 Å². The zero-order valence-electron chi connectivity index (χ0n) is 19.3. The number of unbranched alkanes of at least 4 members (excludes halogenated alkanes) is 1. The molecule has 0 radical (unpaired) electrons. The van der Waals surface area contributed by atoms with Gasteiger partial charge in [-0.2, -0.15) is 0 Å². The van der Waals surface area contributed by atoms with Gasteiger partial charge in [-0.05, 0) is 75.6 Å². The molecule has 174 valence electrons. The second kappa shape index (κ2) is 13.4. The van der Waals surface area contributed by atoms with Gasteiger partial charge in [0.15, 0.2) is 5.78 Å². The number of allylic oxidation sites excluding steroid dienone is 5. The number of ketones is 1. The van der Waals surface area contributed by atoms with Crippen LogP contribution in [0.1, 0.15) is 58.4 Å². The molecule has 0 aromatic heterocycles. The van der Waals surface area contributed by atoms with E-state index in [9.17, 15) is 14.7 Å². The summed E-state index contributed by atoms with van der Waals surface area (Å²) in [6.07, 6.45) is 12.8. The Hall–Kier alpha value is -2.17. The Bertz CT molecular complexity index is 853. The lowest BCUT2D eigenvalue weighted by Crippen LogP contribution is -2.19. The minimum Gasteiger partial charge on any atom is -0.463 e. The van der Waals surface area contributed by atoms with Crippen molar-refractivity contribution in [2.75, 3.05) is 0 Å². The summed E-state index contributed by atoms with van der Waals surface area (Å²) in [5.74, 6) is -0.0452. The smallest absolute Gasteiger partial charge is 0.306 e. The Balaban J connectivity index is 1.79. The number of carbonyl (C=O) groups is 2. The molecule has 1 N–H and O–H groups in total. The summed E-state index contributed by atoms with van der Waals surface area (Å²) in [4.78, 5) is 23.8. The number of benzene rings is 1. The maximum atomic E-state index is 12.3. The highest BCUT2D eigenvalue weighted by atomic mass is 35.5. The van der Waals surface area contributed by atoms with Gasteiger partial charge >= 0.3 is 5.97 Å². The van der Waals surface area contributed by atoms with E-state index in [2.05, 4.69) is 12.2 Å². The Labute approximate surface area is 197 Å². The highest BCUT2D eigenvalue weighted by molar-refractivity contribution is 6.30. The van der Waals surface area contributed by atoms with Crippen LogP contribution in [0.3, 0.4) is 0 Å². The van der Waals surface area contributed by atoms with Gasteiger partial charge in [-0.3, -0.25) is 9.59 Å². The van der Waals surface area contributed by atoms with Crippen LogP contribution in [0.5, 0.6) is 0 Å². The van der Waals surface area contributed by atoms with Gasteiger partial charge in [0.25, 0.3) is 0 Å². The minimum atomic E-state index is -0.531. The topological polar surface area (TPSA) is 63.6 Å². The molecular formula is C27H35ClO4. The van der Waals surface area contributed by atoms with E-state index in [0.29, 0.717) is 17.9 Å². The van der Waals surface area contributed by atoms with E-state index in [1.165, 1.54) is 0 Å². The molecular weight excluding hydrogens is 424 g/mol. The van der Waals surface area contributed by atoms with Crippen molar-refractivity contribution >= 4 is 23.4 Å². The third-order valence-corrected chi connectivity index (χ3v) is 5.76. The fraction of sp³-hybridized carbons (Fsp3) is 0.481. The van der Waals surface area contributed by atoms with Crippen LogP contribution in [0, 0.1) is 11.8 Å². The first-order valence-electron chi connectivity index (χ1n) is 11.5. The molecule has 0 bridgehead atoms. The number of hydrogen-bond acceptors (Lipinski definition) is 4. The number of esters is 1. The zero-order valence-corrected chi connectivity index (χ0v) is 20.1. The number of rotatable bonds is 12. The second-order valence-corrected chi connectivity index (χ2v) is 9.18. The van der Waals surface area contributed by atoms with Crippen molar-refractivity contribution in [3.8, 4) is 0 Å².